The molecule has 0 heterocycles. The Morgan fingerprint density at radius 3 is 2.09 bits per heavy atom. The highest BCUT2D eigenvalue weighted by Crippen LogP contribution is 2.33. The van der Waals surface area contributed by atoms with Crippen molar-refractivity contribution in [3.63, 3.8) is 0 Å². The van der Waals surface area contributed by atoms with Crippen LogP contribution < -0.4 is 15.5 Å². The second-order valence-corrected chi connectivity index (χ2v) is 9.54. The predicted octanol–water partition coefficient (Wildman–Crippen LogP) is 6.73. The first-order valence-corrected chi connectivity index (χ1v) is 11.9. The lowest BCUT2D eigenvalue weighted by molar-refractivity contribution is -0.139. The van der Waals surface area contributed by atoms with Crippen molar-refractivity contribution in [2.75, 3.05) is 28.6 Å². The number of rotatable bonds is 11. The molecule has 1 atom stereocenters. The Hall–Kier alpha value is -3.02. The smallest absolute Gasteiger partial charge is 0.323 e. The highest BCUT2D eigenvalue weighted by molar-refractivity contribution is 6.02. The molecule has 6 nitrogen and oxygen atoms in total. The summed E-state index contributed by atoms with van der Waals surface area (Å²) in [5.41, 5.74) is 3.94. The molecule has 0 aliphatic rings. The number of nitrogens with one attached hydrogen (secondary N) is 2. The number of carbonyl (C=O) groups excluding carboxylic acids is 1. The zero-order valence-corrected chi connectivity index (χ0v) is 20.8. The molecule has 0 saturated heterocycles. The van der Waals surface area contributed by atoms with E-state index in [-0.39, 0.29) is 6.03 Å². The largest absolute Gasteiger partial charge is 0.481 e. The van der Waals surface area contributed by atoms with Crippen LogP contribution in [0.3, 0.4) is 0 Å². The minimum Gasteiger partial charge on any atom is -0.481 e. The molecular weight excluding hydrogens is 414 g/mol. The highest BCUT2D eigenvalue weighted by atomic mass is 16.4. The monoisotopic (exact) mass is 453 g/mol. The maximum atomic E-state index is 12.9. The first-order valence-electron chi connectivity index (χ1n) is 11.9. The molecule has 0 bridgehead atoms. The standard InChI is InChI=1S/C27H39N3O3/c1-7-10-22(26(31)32)21-13-14-25(30(16-18(2)3)17-19(4)5)24(15-21)29-27(33)28-23-12-9-8-11-20(23)6/h8-9,11-15,18-19,22H,7,10,16-17H2,1-6H3,(H,31,32)(H2,28,29,33). The molecule has 3 N–H and O–H groups in total. The number of carboxylic acid groups (broad SMARTS) is 1. The van der Waals surface area contributed by atoms with Crippen molar-refractivity contribution in [1.29, 1.82) is 0 Å². The number of benzene rings is 2. The van der Waals surface area contributed by atoms with Crippen LogP contribution in [0.25, 0.3) is 0 Å². The fourth-order valence-electron chi connectivity index (χ4n) is 4.01. The van der Waals surface area contributed by atoms with Crippen LogP contribution in [-0.2, 0) is 4.79 Å². The van der Waals surface area contributed by atoms with Crippen LogP contribution in [0.2, 0.25) is 0 Å². The van der Waals surface area contributed by atoms with E-state index in [4.69, 9.17) is 0 Å². The van der Waals surface area contributed by atoms with E-state index < -0.39 is 11.9 Å². The van der Waals surface area contributed by atoms with Gasteiger partial charge >= 0.3 is 12.0 Å². The minimum absolute atomic E-state index is 0.348. The van der Waals surface area contributed by atoms with Gasteiger partial charge in [0.2, 0.25) is 0 Å². The Labute approximate surface area is 198 Å². The van der Waals surface area contributed by atoms with Gasteiger partial charge in [0.1, 0.15) is 0 Å². The first kappa shape index (κ1) is 26.2. The van der Waals surface area contributed by atoms with E-state index in [9.17, 15) is 14.7 Å². The molecular formula is C27H39N3O3. The van der Waals surface area contributed by atoms with Gasteiger partial charge in [0.05, 0.1) is 17.3 Å². The molecule has 6 heteroatoms. The maximum Gasteiger partial charge on any atom is 0.323 e. The van der Waals surface area contributed by atoms with Gasteiger partial charge < -0.3 is 20.6 Å². The van der Waals surface area contributed by atoms with Gasteiger partial charge in [-0.15, -0.1) is 0 Å². The Morgan fingerprint density at radius 2 is 1.55 bits per heavy atom. The van der Waals surface area contributed by atoms with Crippen LogP contribution in [0.1, 0.15) is 64.5 Å². The zero-order valence-electron chi connectivity index (χ0n) is 20.8. The molecule has 0 aliphatic carbocycles. The number of amides is 2. The molecule has 1 unspecified atom stereocenters. The van der Waals surface area contributed by atoms with Gasteiger partial charge in [-0.3, -0.25) is 4.79 Å². The summed E-state index contributed by atoms with van der Waals surface area (Å²) in [7, 11) is 0. The van der Waals surface area contributed by atoms with Crippen LogP contribution in [0.5, 0.6) is 0 Å². The third-order valence-electron chi connectivity index (χ3n) is 5.45. The molecule has 33 heavy (non-hydrogen) atoms. The van der Waals surface area contributed by atoms with Crippen LogP contribution in [0, 0.1) is 18.8 Å². The number of aryl methyl sites for hydroxylation is 1. The summed E-state index contributed by atoms with van der Waals surface area (Å²) in [6.07, 6.45) is 1.31. The quantitative estimate of drug-likeness (QED) is 0.352. The maximum absolute atomic E-state index is 12.9. The summed E-state index contributed by atoms with van der Waals surface area (Å²) in [5, 5.41) is 15.7. The molecule has 0 radical (unpaired) electrons. The zero-order chi connectivity index (χ0) is 24.5. The average molecular weight is 454 g/mol. The van der Waals surface area contributed by atoms with Gasteiger partial charge in [-0.25, -0.2) is 4.79 Å². The van der Waals surface area contributed by atoms with Crippen molar-refractivity contribution in [3.05, 3.63) is 53.6 Å². The fourth-order valence-corrected chi connectivity index (χ4v) is 4.01. The third kappa shape index (κ3) is 7.81. The molecule has 2 rings (SSSR count). The Balaban J connectivity index is 2.46. The topological polar surface area (TPSA) is 81.7 Å². The number of hydrogen-bond donors (Lipinski definition) is 3. The minimum atomic E-state index is -0.846. The lowest BCUT2D eigenvalue weighted by atomic mass is 9.93. The van der Waals surface area contributed by atoms with Crippen molar-refractivity contribution in [2.45, 2.75) is 60.3 Å². The molecule has 2 amide bonds. The van der Waals surface area contributed by atoms with Crippen LogP contribution in [-0.4, -0.2) is 30.2 Å². The SMILES string of the molecule is CCCC(C(=O)O)c1ccc(N(CC(C)C)CC(C)C)c(NC(=O)Nc2ccccc2C)c1. The van der Waals surface area contributed by atoms with Gasteiger partial charge in [0.25, 0.3) is 0 Å². The number of carboxylic acids is 1. The van der Waals surface area contributed by atoms with Crippen molar-refractivity contribution >= 4 is 29.1 Å². The summed E-state index contributed by atoms with van der Waals surface area (Å²) in [5.74, 6) is -0.582. The van der Waals surface area contributed by atoms with E-state index in [2.05, 4.69) is 43.2 Å². The number of anilines is 3. The fraction of sp³-hybridized carbons (Fsp3) is 0.481. The number of hydrogen-bond acceptors (Lipinski definition) is 3. The number of urea groups is 1. The summed E-state index contributed by atoms with van der Waals surface area (Å²) in [4.78, 5) is 27.1. The van der Waals surface area contributed by atoms with Crippen molar-refractivity contribution in [1.82, 2.24) is 0 Å². The van der Waals surface area contributed by atoms with Crippen molar-refractivity contribution in [2.24, 2.45) is 11.8 Å². The predicted molar refractivity (Wildman–Crippen MR) is 137 cm³/mol. The first-order chi connectivity index (χ1) is 15.6. The molecule has 0 fully saturated rings. The lowest BCUT2D eigenvalue weighted by Gasteiger charge is -2.31. The van der Waals surface area contributed by atoms with Crippen molar-refractivity contribution < 1.29 is 14.7 Å². The van der Waals surface area contributed by atoms with E-state index >= 15 is 0 Å². The number of carbonyl (C=O) groups is 2. The van der Waals surface area contributed by atoms with Crippen molar-refractivity contribution in [3.8, 4) is 0 Å². The van der Waals surface area contributed by atoms with Gasteiger partial charge in [0, 0.05) is 18.8 Å². The number of nitrogens with zero attached hydrogens (tertiary/aromatic N) is 1. The van der Waals surface area contributed by atoms with Crippen LogP contribution in [0.4, 0.5) is 21.9 Å². The summed E-state index contributed by atoms with van der Waals surface area (Å²) < 4.78 is 0. The summed E-state index contributed by atoms with van der Waals surface area (Å²) in [6.45, 7) is 14.3. The van der Waals surface area contributed by atoms with Gasteiger partial charge in [-0.05, 0) is 54.5 Å². The lowest BCUT2D eigenvalue weighted by Crippen LogP contribution is -2.32. The van der Waals surface area contributed by atoms with E-state index in [0.717, 1.165) is 36.4 Å². The van der Waals surface area contributed by atoms with Crippen LogP contribution in [0.15, 0.2) is 42.5 Å². The molecule has 0 aromatic heterocycles. The average Bonchev–Trinajstić information content (AvgIpc) is 2.72. The summed E-state index contributed by atoms with van der Waals surface area (Å²) >= 11 is 0. The van der Waals surface area contributed by atoms with Gasteiger partial charge in [-0.1, -0.05) is 65.3 Å². The summed E-state index contributed by atoms with van der Waals surface area (Å²) in [6, 6.07) is 12.9. The van der Waals surface area contributed by atoms with Crippen LogP contribution >= 0.6 is 0 Å². The third-order valence-corrected chi connectivity index (χ3v) is 5.45. The van der Waals surface area contributed by atoms with Gasteiger partial charge in [0.15, 0.2) is 0 Å². The number of para-hydroxylation sites is 1. The van der Waals surface area contributed by atoms with E-state index in [0.29, 0.717) is 29.5 Å². The Morgan fingerprint density at radius 1 is 0.939 bits per heavy atom. The molecule has 2 aromatic carbocycles. The highest BCUT2D eigenvalue weighted by Gasteiger charge is 2.22. The second kappa shape index (κ2) is 12.3. The Kier molecular flexibility index (Phi) is 9.76. The molecule has 0 saturated carbocycles. The molecule has 180 valence electrons. The number of aliphatic carboxylic acids is 1. The normalized spacial score (nSPS) is 12.0. The van der Waals surface area contributed by atoms with E-state index in [1.165, 1.54) is 0 Å². The van der Waals surface area contributed by atoms with Gasteiger partial charge in [-0.2, -0.15) is 0 Å². The van der Waals surface area contributed by atoms with E-state index in [1.54, 1.807) is 0 Å². The molecule has 2 aromatic rings. The van der Waals surface area contributed by atoms with E-state index in [1.807, 2.05) is 56.3 Å². The molecule has 0 spiro atoms. The Bertz CT molecular complexity index is 930. The second-order valence-electron chi connectivity index (χ2n) is 9.54. The molecule has 0 aliphatic heterocycles.